The normalized spacial score (nSPS) is 25.3. The number of rotatable bonds is 9. The Morgan fingerprint density at radius 3 is 2.88 bits per heavy atom. The van der Waals surface area contributed by atoms with Gasteiger partial charge < -0.3 is 9.84 Å². The molecule has 3 unspecified atom stereocenters. The Morgan fingerprint density at radius 1 is 1.46 bits per heavy atom. The molecule has 0 spiro atoms. The molecule has 7 heteroatoms. The molecule has 0 aliphatic heterocycles. The number of aliphatic hydroxyl groups excluding tert-OH is 1. The van der Waals surface area contributed by atoms with Gasteiger partial charge >= 0.3 is 6.55 Å². The lowest BCUT2D eigenvalue weighted by atomic mass is 9.49. The van der Waals surface area contributed by atoms with Crippen LogP contribution in [0.1, 0.15) is 39.1 Å². The lowest BCUT2D eigenvalue weighted by Gasteiger charge is -2.56. The second-order valence-electron chi connectivity index (χ2n) is 8.22. The van der Waals surface area contributed by atoms with E-state index in [1.165, 1.54) is 24.4 Å². The summed E-state index contributed by atoms with van der Waals surface area (Å²) in [4.78, 5) is 5.73. The number of hydrogen-bond donors (Lipinski definition) is 1. The highest BCUT2D eigenvalue weighted by Crippen LogP contribution is 2.59. The maximum Gasteiger partial charge on any atom is 0.319 e. The van der Waals surface area contributed by atoms with Crippen LogP contribution in [0.15, 0.2) is 24.0 Å². The maximum absolute atomic E-state index is 12.8. The molecular formula is C19H29F2N3O2. The van der Waals surface area contributed by atoms with Gasteiger partial charge in [0.25, 0.3) is 0 Å². The predicted octanol–water partition coefficient (Wildman–Crippen LogP) is 3.08. The fraction of sp³-hybridized carbons (Fsp3) is 0.737. The predicted molar refractivity (Wildman–Crippen MR) is 94.7 cm³/mol. The molecule has 146 valence electrons. The second kappa shape index (κ2) is 7.74. The number of likely N-dealkylation sites (N-methyl/N-ethyl adjacent to an activating group) is 1. The molecule has 2 bridgehead atoms. The standard InChI is InChI=1S/C19H29F2N3O2/c1-19(2)14-5-4-13(16(19)8-14)11-26-12-15(25)9-23(3)10-17-22-6-7-24(17)18(20)21/h4,6-7,14-16,18,25H,5,8-12H2,1-3H3. The van der Waals surface area contributed by atoms with Crippen LogP contribution in [0.4, 0.5) is 8.78 Å². The summed E-state index contributed by atoms with van der Waals surface area (Å²) >= 11 is 0. The van der Waals surface area contributed by atoms with E-state index in [2.05, 4.69) is 24.9 Å². The van der Waals surface area contributed by atoms with E-state index in [4.69, 9.17) is 4.74 Å². The topological polar surface area (TPSA) is 50.5 Å². The number of ether oxygens (including phenoxy) is 1. The average molecular weight is 369 g/mol. The van der Waals surface area contributed by atoms with Crippen molar-refractivity contribution in [2.24, 2.45) is 17.3 Å². The molecule has 1 aromatic heterocycles. The highest BCUT2D eigenvalue weighted by atomic mass is 19.3. The fourth-order valence-electron chi connectivity index (χ4n) is 4.32. The van der Waals surface area contributed by atoms with Gasteiger partial charge in [0, 0.05) is 18.9 Å². The summed E-state index contributed by atoms with van der Waals surface area (Å²) in [7, 11) is 1.77. The molecular weight excluding hydrogens is 340 g/mol. The number of imidazole rings is 1. The van der Waals surface area contributed by atoms with E-state index >= 15 is 0 Å². The van der Waals surface area contributed by atoms with Gasteiger partial charge in [0.2, 0.25) is 0 Å². The van der Waals surface area contributed by atoms with Gasteiger partial charge in [-0.25, -0.2) is 4.98 Å². The number of halogens is 2. The minimum absolute atomic E-state index is 0.238. The second-order valence-corrected chi connectivity index (χ2v) is 8.22. The molecule has 4 rings (SSSR count). The Bertz CT molecular complexity index is 644. The SMILES string of the molecule is CN(Cc1nccn1C(F)F)CC(O)COCC1=CCC2CC1C2(C)C. The van der Waals surface area contributed by atoms with Gasteiger partial charge in [0.15, 0.2) is 0 Å². The minimum Gasteiger partial charge on any atom is -0.389 e. The Balaban J connectivity index is 1.39. The van der Waals surface area contributed by atoms with Crippen LogP contribution >= 0.6 is 0 Å². The van der Waals surface area contributed by atoms with Gasteiger partial charge in [-0.1, -0.05) is 19.9 Å². The molecule has 0 aromatic carbocycles. The van der Waals surface area contributed by atoms with Crippen molar-refractivity contribution in [3.63, 3.8) is 0 Å². The van der Waals surface area contributed by atoms with Crippen molar-refractivity contribution in [1.29, 1.82) is 0 Å². The first-order valence-electron chi connectivity index (χ1n) is 9.22. The van der Waals surface area contributed by atoms with E-state index in [1.54, 1.807) is 11.9 Å². The van der Waals surface area contributed by atoms with Crippen LogP contribution < -0.4 is 0 Å². The van der Waals surface area contributed by atoms with Gasteiger partial charge in [-0.3, -0.25) is 9.47 Å². The van der Waals surface area contributed by atoms with Gasteiger partial charge in [0.05, 0.1) is 25.9 Å². The van der Waals surface area contributed by atoms with E-state index in [0.29, 0.717) is 24.5 Å². The van der Waals surface area contributed by atoms with E-state index < -0.39 is 12.7 Å². The highest BCUT2D eigenvalue weighted by Gasteiger charge is 2.50. The first kappa shape index (κ1) is 19.5. The first-order chi connectivity index (χ1) is 12.3. The molecule has 3 aliphatic carbocycles. The van der Waals surface area contributed by atoms with Crippen LogP contribution in [0.2, 0.25) is 0 Å². The number of aromatic nitrogens is 2. The number of fused-ring (bicyclic) bond motifs is 1. The molecule has 1 N–H and O–H groups in total. The number of allylic oxidation sites excluding steroid dienone is 1. The number of nitrogens with zero attached hydrogens (tertiary/aromatic N) is 3. The minimum atomic E-state index is -2.60. The molecule has 0 saturated heterocycles. The summed E-state index contributed by atoms with van der Waals surface area (Å²) in [5, 5.41) is 10.2. The average Bonchev–Trinajstić information content (AvgIpc) is 3.02. The smallest absolute Gasteiger partial charge is 0.319 e. The number of hydrogen-bond acceptors (Lipinski definition) is 4. The molecule has 3 atom stereocenters. The molecule has 0 amide bonds. The van der Waals surface area contributed by atoms with Crippen LogP contribution in [0.5, 0.6) is 0 Å². The molecule has 1 heterocycles. The van der Waals surface area contributed by atoms with Crippen molar-refractivity contribution < 1.29 is 18.6 Å². The summed E-state index contributed by atoms with van der Waals surface area (Å²) in [6.45, 7) is 3.44. The van der Waals surface area contributed by atoms with Crippen molar-refractivity contribution in [1.82, 2.24) is 14.5 Å². The van der Waals surface area contributed by atoms with E-state index in [1.807, 2.05) is 0 Å². The van der Waals surface area contributed by atoms with Crippen LogP contribution in [0, 0.1) is 17.3 Å². The summed E-state index contributed by atoms with van der Waals surface area (Å²) < 4.78 is 32.2. The third-order valence-corrected chi connectivity index (χ3v) is 6.05. The Hall–Kier alpha value is -1.31. The Kier molecular flexibility index (Phi) is 5.79. The van der Waals surface area contributed by atoms with Gasteiger partial charge in [-0.15, -0.1) is 0 Å². The lowest BCUT2D eigenvalue weighted by molar-refractivity contribution is -0.0258. The van der Waals surface area contributed by atoms with Crippen molar-refractivity contribution >= 4 is 0 Å². The number of aliphatic hydroxyl groups is 1. The molecule has 1 aromatic rings. The van der Waals surface area contributed by atoms with Gasteiger partial charge in [0.1, 0.15) is 5.82 Å². The Labute approximate surface area is 153 Å². The van der Waals surface area contributed by atoms with E-state index in [0.717, 1.165) is 16.9 Å². The zero-order valence-corrected chi connectivity index (χ0v) is 15.7. The maximum atomic E-state index is 12.8. The quantitative estimate of drug-likeness (QED) is 0.680. The number of alkyl halides is 2. The third-order valence-electron chi connectivity index (χ3n) is 6.05. The third kappa shape index (κ3) is 4.00. The van der Waals surface area contributed by atoms with Crippen molar-refractivity contribution in [3.8, 4) is 0 Å². The van der Waals surface area contributed by atoms with Crippen molar-refractivity contribution in [2.45, 2.75) is 45.9 Å². The molecule has 0 radical (unpaired) electrons. The zero-order chi connectivity index (χ0) is 18.9. The zero-order valence-electron chi connectivity index (χ0n) is 15.7. The molecule has 1 saturated carbocycles. The molecule has 26 heavy (non-hydrogen) atoms. The Morgan fingerprint density at radius 2 is 2.23 bits per heavy atom. The van der Waals surface area contributed by atoms with Crippen LogP contribution in [-0.2, 0) is 11.3 Å². The van der Waals surface area contributed by atoms with Gasteiger partial charge in [-0.05, 0) is 42.7 Å². The van der Waals surface area contributed by atoms with E-state index in [9.17, 15) is 13.9 Å². The lowest BCUT2D eigenvalue weighted by Crippen LogP contribution is -2.48. The first-order valence-corrected chi connectivity index (χ1v) is 9.22. The summed E-state index contributed by atoms with van der Waals surface area (Å²) in [5.74, 6) is 1.69. The molecule has 1 fully saturated rings. The van der Waals surface area contributed by atoms with E-state index in [-0.39, 0.29) is 19.0 Å². The molecule has 3 aliphatic rings. The van der Waals surface area contributed by atoms with Crippen molar-refractivity contribution in [2.75, 3.05) is 26.8 Å². The largest absolute Gasteiger partial charge is 0.389 e. The monoisotopic (exact) mass is 369 g/mol. The fourth-order valence-corrected chi connectivity index (χ4v) is 4.32. The van der Waals surface area contributed by atoms with Crippen LogP contribution in [0.3, 0.4) is 0 Å². The van der Waals surface area contributed by atoms with Crippen molar-refractivity contribution in [3.05, 3.63) is 29.9 Å². The van der Waals surface area contributed by atoms with Gasteiger partial charge in [-0.2, -0.15) is 8.78 Å². The summed E-state index contributed by atoms with van der Waals surface area (Å²) in [5.41, 5.74) is 1.73. The summed E-state index contributed by atoms with van der Waals surface area (Å²) in [6, 6.07) is 0. The highest BCUT2D eigenvalue weighted by molar-refractivity contribution is 5.23. The van der Waals surface area contributed by atoms with Crippen LogP contribution in [-0.4, -0.2) is 52.5 Å². The summed E-state index contributed by atoms with van der Waals surface area (Å²) in [6.07, 6.45) is 6.64. The van der Waals surface area contributed by atoms with Crippen LogP contribution in [0.25, 0.3) is 0 Å². The molecule has 5 nitrogen and oxygen atoms in total.